The maximum atomic E-state index is 12.8. The second-order valence-corrected chi connectivity index (χ2v) is 5.12. The molecule has 0 bridgehead atoms. The van der Waals surface area contributed by atoms with Gasteiger partial charge < -0.3 is 5.21 Å². The molecule has 0 aliphatic carbocycles. The molecule has 2 aromatic rings. The van der Waals surface area contributed by atoms with Gasteiger partial charge in [0.1, 0.15) is 5.82 Å². The first-order valence-corrected chi connectivity index (χ1v) is 7.23. The summed E-state index contributed by atoms with van der Waals surface area (Å²) in [7, 11) is 0. The maximum Gasteiger partial charge on any atom is 0.181 e. The summed E-state index contributed by atoms with van der Waals surface area (Å²) in [6.45, 7) is 1.97. The van der Waals surface area contributed by atoms with E-state index in [9.17, 15) is 14.4 Å². The van der Waals surface area contributed by atoms with Crippen molar-refractivity contribution in [2.45, 2.75) is 13.3 Å². The summed E-state index contributed by atoms with van der Waals surface area (Å²) in [5, 5.41) is 12.0. The van der Waals surface area contributed by atoms with Gasteiger partial charge in [-0.3, -0.25) is 4.79 Å². The zero-order valence-electron chi connectivity index (χ0n) is 12.4. The van der Waals surface area contributed by atoms with Crippen molar-refractivity contribution in [1.82, 2.24) is 0 Å². The van der Waals surface area contributed by atoms with Crippen LogP contribution in [0.25, 0.3) is 0 Å². The van der Waals surface area contributed by atoms with Gasteiger partial charge in [-0.05, 0) is 30.7 Å². The minimum Gasteiger partial charge on any atom is -0.624 e. The molecule has 0 aromatic heterocycles. The molecule has 2 aromatic carbocycles. The van der Waals surface area contributed by atoms with Crippen LogP contribution in [0.3, 0.4) is 0 Å². The minimum absolute atomic E-state index is 0.0311. The third-order valence-corrected chi connectivity index (χ3v) is 3.49. The van der Waals surface area contributed by atoms with Gasteiger partial charge in [-0.2, -0.15) is 0 Å². The van der Waals surface area contributed by atoms with Gasteiger partial charge in [-0.1, -0.05) is 37.3 Å². The van der Waals surface area contributed by atoms with Crippen LogP contribution < -0.4 is 0 Å². The molecule has 22 heavy (non-hydrogen) atoms. The number of carbonyl (C=O) groups is 1. The molecule has 0 saturated heterocycles. The number of carbonyl (C=O) groups excluding carboxylic acids is 1. The second kappa shape index (κ2) is 7.50. The normalized spacial score (nSPS) is 12.9. The van der Waals surface area contributed by atoms with Gasteiger partial charge in [0.05, 0.1) is 5.92 Å². The van der Waals surface area contributed by atoms with E-state index >= 15 is 0 Å². The van der Waals surface area contributed by atoms with Crippen molar-refractivity contribution in [2.24, 2.45) is 5.92 Å². The Kier molecular flexibility index (Phi) is 5.42. The molecule has 0 N–H and O–H groups in total. The predicted octanol–water partition coefficient (Wildman–Crippen LogP) is 3.66. The largest absolute Gasteiger partial charge is 0.624 e. The molecule has 0 heterocycles. The Morgan fingerprint density at radius 3 is 2.41 bits per heavy atom. The van der Waals surface area contributed by atoms with Crippen molar-refractivity contribution in [3.63, 3.8) is 0 Å². The van der Waals surface area contributed by atoms with E-state index in [2.05, 4.69) is 0 Å². The van der Waals surface area contributed by atoms with Gasteiger partial charge in [0, 0.05) is 11.1 Å². The fourth-order valence-electron chi connectivity index (χ4n) is 2.22. The number of halogens is 1. The zero-order chi connectivity index (χ0) is 15.9. The maximum absolute atomic E-state index is 12.8. The monoisotopic (exact) mass is 299 g/mol. The van der Waals surface area contributed by atoms with Crippen LogP contribution in [-0.4, -0.2) is 23.3 Å². The minimum atomic E-state index is -0.364. The van der Waals surface area contributed by atoms with Crippen LogP contribution in [-0.2, 0) is 0 Å². The molecule has 1 atom stereocenters. The number of nitrogens with zero attached hydrogens (tertiary/aromatic N) is 1. The lowest BCUT2D eigenvalue weighted by atomic mass is 9.95. The quantitative estimate of drug-likeness (QED) is 0.268. The number of benzene rings is 2. The predicted molar refractivity (Wildman–Crippen MR) is 84.6 cm³/mol. The number of rotatable bonds is 6. The summed E-state index contributed by atoms with van der Waals surface area (Å²) in [4.78, 5) is 12.4. The van der Waals surface area contributed by atoms with E-state index in [1.54, 1.807) is 24.3 Å². The number of hydroxylamine groups is 1. The smallest absolute Gasteiger partial charge is 0.181 e. The molecule has 0 aliphatic rings. The van der Waals surface area contributed by atoms with E-state index in [0.717, 1.165) is 4.74 Å². The average molecular weight is 299 g/mol. The van der Waals surface area contributed by atoms with Crippen molar-refractivity contribution in [3.8, 4) is 0 Å². The summed E-state index contributed by atoms with van der Waals surface area (Å²) >= 11 is 0. The molecule has 114 valence electrons. The van der Waals surface area contributed by atoms with E-state index < -0.39 is 0 Å². The summed E-state index contributed by atoms with van der Waals surface area (Å²) in [5.41, 5.74) is 1.22. The van der Waals surface area contributed by atoms with Crippen LogP contribution in [0, 0.1) is 16.9 Å². The van der Waals surface area contributed by atoms with Crippen LogP contribution in [0.4, 0.5) is 4.39 Å². The Bertz CT molecular complexity index is 651. The highest BCUT2D eigenvalue weighted by Gasteiger charge is 2.21. The van der Waals surface area contributed by atoms with Crippen LogP contribution in [0.5, 0.6) is 0 Å². The second-order valence-electron chi connectivity index (χ2n) is 5.12. The van der Waals surface area contributed by atoms with Crippen LogP contribution in [0.15, 0.2) is 54.6 Å². The van der Waals surface area contributed by atoms with Crippen LogP contribution in [0.2, 0.25) is 0 Å². The van der Waals surface area contributed by atoms with E-state index in [4.69, 9.17) is 0 Å². The number of hydrogen-bond donors (Lipinski definition) is 0. The molecular weight excluding hydrogens is 281 g/mol. The topological polar surface area (TPSA) is 43.1 Å². The molecule has 4 heteroatoms. The summed E-state index contributed by atoms with van der Waals surface area (Å²) in [5.74, 6) is -0.742. The summed E-state index contributed by atoms with van der Waals surface area (Å²) in [6, 6.07) is 14.6. The number of ketones is 1. The molecule has 0 amide bonds. The van der Waals surface area contributed by atoms with E-state index in [1.807, 2.05) is 13.0 Å². The van der Waals surface area contributed by atoms with Crippen LogP contribution in [0.1, 0.15) is 29.3 Å². The lowest BCUT2D eigenvalue weighted by Crippen LogP contribution is -2.24. The summed E-state index contributed by atoms with van der Waals surface area (Å²) < 4.78 is 13.6. The molecular formula is C18H18FNO2. The highest BCUT2D eigenvalue weighted by Crippen LogP contribution is 2.13. The first-order valence-electron chi connectivity index (χ1n) is 7.23. The van der Waals surface area contributed by atoms with Crippen molar-refractivity contribution in [3.05, 3.63) is 76.7 Å². The van der Waals surface area contributed by atoms with Gasteiger partial charge in [0.2, 0.25) is 0 Å². The van der Waals surface area contributed by atoms with Crippen molar-refractivity contribution >= 4 is 12.0 Å². The third-order valence-electron chi connectivity index (χ3n) is 3.49. The van der Waals surface area contributed by atoms with Gasteiger partial charge in [-0.25, -0.2) is 9.13 Å². The fraction of sp³-hybridized carbons (Fsp3) is 0.222. The van der Waals surface area contributed by atoms with Crippen molar-refractivity contribution < 1.29 is 13.9 Å². The Hall–Kier alpha value is -2.49. The molecule has 0 radical (unpaired) electrons. The average Bonchev–Trinajstić information content (AvgIpc) is 2.55. The van der Waals surface area contributed by atoms with Gasteiger partial charge >= 0.3 is 0 Å². The lowest BCUT2D eigenvalue weighted by Gasteiger charge is -2.13. The molecule has 1 unspecified atom stereocenters. The zero-order valence-corrected chi connectivity index (χ0v) is 12.4. The Labute approximate surface area is 129 Å². The molecule has 3 nitrogen and oxygen atoms in total. The van der Waals surface area contributed by atoms with Crippen molar-refractivity contribution in [2.75, 3.05) is 6.54 Å². The molecule has 0 spiro atoms. The van der Waals surface area contributed by atoms with E-state index in [-0.39, 0.29) is 24.1 Å². The molecule has 0 aliphatic heterocycles. The highest BCUT2D eigenvalue weighted by molar-refractivity contribution is 5.97. The Morgan fingerprint density at radius 1 is 1.18 bits per heavy atom. The Morgan fingerprint density at radius 2 is 1.82 bits per heavy atom. The van der Waals surface area contributed by atoms with Crippen molar-refractivity contribution in [1.29, 1.82) is 0 Å². The van der Waals surface area contributed by atoms with Crippen LogP contribution >= 0.6 is 0 Å². The van der Waals surface area contributed by atoms with Gasteiger partial charge in [0.15, 0.2) is 18.5 Å². The molecule has 0 fully saturated rings. The summed E-state index contributed by atoms with van der Waals surface area (Å²) in [6.07, 6.45) is 1.96. The molecule has 0 saturated carbocycles. The first-order chi connectivity index (χ1) is 10.6. The van der Waals surface area contributed by atoms with E-state index in [1.165, 1.54) is 30.5 Å². The first kappa shape index (κ1) is 15.9. The third kappa shape index (κ3) is 4.25. The number of hydrogen-bond acceptors (Lipinski definition) is 2. The lowest BCUT2D eigenvalue weighted by molar-refractivity contribution is -0.458. The SMILES string of the molecule is CCC(C[N+]([O-])=Cc1ccc(F)cc1)C(=O)c1ccccc1. The fourth-order valence-corrected chi connectivity index (χ4v) is 2.22. The highest BCUT2D eigenvalue weighted by atomic mass is 19.1. The molecule has 2 rings (SSSR count). The van der Waals surface area contributed by atoms with Gasteiger partial charge in [-0.15, -0.1) is 0 Å². The standard InChI is InChI=1S/C18H18FNO2/c1-2-15(18(21)16-6-4-3-5-7-16)13-20(22)12-14-8-10-17(19)11-9-14/h3-12,15H,2,13H2,1H3. The Balaban J connectivity index is 2.09. The van der Waals surface area contributed by atoms with Gasteiger partial charge in [0.25, 0.3) is 0 Å². The van der Waals surface area contributed by atoms with E-state index in [0.29, 0.717) is 17.5 Å². The number of Topliss-reactive ketones (excluding diaryl/α,β-unsaturated/α-hetero) is 1.